The Labute approximate surface area is 158 Å². The van der Waals surface area contributed by atoms with E-state index in [0.29, 0.717) is 11.4 Å². The Morgan fingerprint density at radius 3 is 2.62 bits per heavy atom. The standard InChI is InChI=1S/C19H22ClN3O3/c1-4-23(5-2)14-6-7-15(13(3)12-14)22-19(24)26-17(10-11-21)16-8-9-18(20)25-16/h6-9,12,17H,4-5,10H2,1-3H3,(H,22,24). The summed E-state index contributed by atoms with van der Waals surface area (Å²) >= 11 is 5.75. The number of halogens is 1. The molecule has 1 amide bonds. The zero-order valence-electron chi connectivity index (χ0n) is 15.1. The largest absolute Gasteiger partial charge is 0.446 e. The highest BCUT2D eigenvalue weighted by Crippen LogP contribution is 2.27. The molecule has 26 heavy (non-hydrogen) atoms. The van der Waals surface area contributed by atoms with E-state index in [0.717, 1.165) is 24.3 Å². The molecule has 1 atom stereocenters. The minimum absolute atomic E-state index is 0.0306. The van der Waals surface area contributed by atoms with Crippen molar-refractivity contribution in [2.24, 2.45) is 0 Å². The molecule has 1 unspecified atom stereocenters. The molecule has 1 N–H and O–H groups in total. The van der Waals surface area contributed by atoms with Crippen molar-refractivity contribution in [3.05, 3.63) is 46.9 Å². The van der Waals surface area contributed by atoms with Crippen LogP contribution in [0.25, 0.3) is 0 Å². The predicted octanol–water partition coefficient (Wildman–Crippen LogP) is 5.29. The minimum Gasteiger partial charge on any atom is -0.446 e. The molecular formula is C19H22ClN3O3. The number of anilines is 2. The second-order valence-corrected chi connectivity index (χ2v) is 6.07. The van der Waals surface area contributed by atoms with Gasteiger partial charge in [-0.3, -0.25) is 5.32 Å². The van der Waals surface area contributed by atoms with Crippen molar-refractivity contribution < 1.29 is 13.9 Å². The molecule has 0 radical (unpaired) electrons. The number of benzene rings is 1. The topological polar surface area (TPSA) is 78.5 Å². The number of hydrogen-bond donors (Lipinski definition) is 1. The van der Waals surface area contributed by atoms with Crippen molar-refractivity contribution in [1.29, 1.82) is 5.26 Å². The summed E-state index contributed by atoms with van der Waals surface area (Å²) in [5, 5.41) is 11.8. The summed E-state index contributed by atoms with van der Waals surface area (Å²) in [6.07, 6.45) is -1.50. The van der Waals surface area contributed by atoms with E-state index in [1.165, 1.54) is 0 Å². The van der Waals surface area contributed by atoms with Crippen LogP contribution in [0.4, 0.5) is 16.2 Å². The van der Waals surface area contributed by atoms with Gasteiger partial charge in [0.2, 0.25) is 0 Å². The van der Waals surface area contributed by atoms with Crippen LogP contribution in [-0.4, -0.2) is 19.2 Å². The summed E-state index contributed by atoms with van der Waals surface area (Å²) in [5.74, 6) is 0.334. The molecule has 0 saturated carbocycles. The van der Waals surface area contributed by atoms with E-state index >= 15 is 0 Å². The smallest absolute Gasteiger partial charge is 0.412 e. The molecule has 0 aliphatic rings. The first-order valence-electron chi connectivity index (χ1n) is 8.43. The lowest BCUT2D eigenvalue weighted by molar-refractivity contribution is 0.0995. The first kappa shape index (κ1) is 19.7. The SMILES string of the molecule is CCN(CC)c1ccc(NC(=O)OC(CC#N)c2ccc(Cl)o2)c(C)c1. The Balaban J connectivity index is 2.07. The number of nitrogens with zero attached hydrogens (tertiary/aromatic N) is 2. The number of furan rings is 1. The molecule has 2 rings (SSSR count). The van der Waals surface area contributed by atoms with Gasteiger partial charge in [0.25, 0.3) is 0 Å². The average Bonchev–Trinajstić information content (AvgIpc) is 3.04. The van der Waals surface area contributed by atoms with Crippen molar-refractivity contribution in [1.82, 2.24) is 0 Å². The number of rotatable bonds is 7. The van der Waals surface area contributed by atoms with E-state index < -0.39 is 12.2 Å². The predicted molar refractivity (Wildman–Crippen MR) is 102 cm³/mol. The Morgan fingerprint density at radius 1 is 1.35 bits per heavy atom. The van der Waals surface area contributed by atoms with Crippen LogP contribution in [0.3, 0.4) is 0 Å². The first-order chi connectivity index (χ1) is 12.5. The molecule has 2 aromatic rings. The normalized spacial score (nSPS) is 11.5. The first-order valence-corrected chi connectivity index (χ1v) is 8.81. The number of carbonyl (C=O) groups is 1. The van der Waals surface area contributed by atoms with Gasteiger partial charge in [-0.2, -0.15) is 5.26 Å². The van der Waals surface area contributed by atoms with Gasteiger partial charge in [0.1, 0.15) is 5.76 Å². The van der Waals surface area contributed by atoms with Crippen LogP contribution >= 0.6 is 11.6 Å². The molecule has 7 heteroatoms. The molecule has 138 valence electrons. The van der Waals surface area contributed by atoms with Crippen LogP contribution in [0.2, 0.25) is 5.22 Å². The zero-order chi connectivity index (χ0) is 19.1. The minimum atomic E-state index is -0.817. The number of carbonyl (C=O) groups excluding carboxylic acids is 1. The van der Waals surface area contributed by atoms with Crippen molar-refractivity contribution in [3.63, 3.8) is 0 Å². The fraction of sp³-hybridized carbons (Fsp3) is 0.368. The third-order valence-electron chi connectivity index (χ3n) is 4.01. The Hall–Kier alpha value is -2.65. The number of hydrogen-bond acceptors (Lipinski definition) is 5. The second-order valence-electron chi connectivity index (χ2n) is 5.69. The van der Waals surface area contributed by atoms with E-state index in [9.17, 15) is 4.79 Å². The molecule has 0 spiro atoms. The Kier molecular flexibility index (Phi) is 6.93. The Bertz CT molecular complexity index is 794. The van der Waals surface area contributed by atoms with Gasteiger partial charge in [-0.25, -0.2) is 4.79 Å². The fourth-order valence-electron chi connectivity index (χ4n) is 2.63. The van der Waals surface area contributed by atoms with Gasteiger partial charge < -0.3 is 14.1 Å². The summed E-state index contributed by atoms with van der Waals surface area (Å²) in [7, 11) is 0. The molecule has 0 bridgehead atoms. The van der Waals surface area contributed by atoms with E-state index in [2.05, 4.69) is 24.1 Å². The zero-order valence-corrected chi connectivity index (χ0v) is 15.8. The van der Waals surface area contributed by atoms with E-state index in [1.807, 2.05) is 31.2 Å². The highest BCUT2D eigenvalue weighted by molar-refractivity contribution is 6.28. The molecule has 6 nitrogen and oxygen atoms in total. The maximum absolute atomic E-state index is 12.2. The molecule has 1 heterocycles. The number of nitriles is 1. The van der Waals surface area contributed by atoms with E-state index in [4.69, 9.17) is 26.0 Å². The Morgan fingerprint density at radius 2 is 2.08 bits per heavy atom. The molecule has 0 saturated heterocycles. The van der Waals surface area contributed by atoms with Gasteiger partial charge in [0.15, 0.2) is 11.3 Å². The molecule has 0 aliphatic carbocycles. The molecule has 1 aromatic heterocycles. The van der Waals surface area contributed by atoms with Crippen LogP contribution in [0.1, 0.15) is 37.7 Å². The lowest BCUT2D eigenvalue weighted by atomic mass is 10.1. The van der Waals surface area contributed by atoms with Crippen molar-refractivity contribution in [2.75, 3.05) is 23.3 Å². The van der Waals surface area contributed by atoms with Gasteiger partial charge in [-0.05, 0) is 68.3 Å². The fourth-order valence-corrected chi connectivity index (χ4v) is 2.78. The molecular weight excluding hydrogens is 354 g/mol. The van der Waals surface area contributed by atoms with Gasteiger partial charge in [0, 0.05) is 24.5 Å². The molecule has 0 fully saturated rings. The van der Waals surface area contributed by atoms with Crippen molar-refractivity contribution in [2.45, 2.75) is 33.3 Å². The number of amides is 1. The maximum atomic E-state index is 12.2. The van der Waals surface area contributed by atoms with Crippen LogP contribution in [0, 0.1) is 18.3 Å². The van der Waals surface area contributed by atoms with Gasteiger partial charge in [-0.15, -0.1) is 0 Å². The third-order valence-corrected chi connectivity index (χ3v) is 4.22. The van der Waals surface area contributed by atoms with Crippen LogP contribution in [0.15, 0.2) is 34.7 Å². The third kappa shape index (κ3) is 4.93. The van der Waals surface area contributed by atoms with Crippen LogP contribution < -0.4 is 10.2 Å². The second kappa shape index (κ2) is 9.16. The molecule has 0 aliphatic heterocycles. The van der Waals surface area contributed by atoms with Crippen molar-refractivity contribution >= 4 is 29.1 Å². The lowest BCUT2D eigenvalue weighted by Gasteiger charge is -2.22. The summed E-state index contributed by atoms with van der Waals surface area (Å²) in [6, 6.07) is 10.9. The summed E-state index contributed by atoms with van der Waals surface area (Å²) in [4.78, 5) is 14.5. The summed E-state index contributed by atoms with van der Waals surface area (Å²) < 4.78 is 10.6. The number of aryl methyl sites for hydroxylation is 1. The number of nitrogens with one attached hydrogen (secondary N) is 1. The van der Waals surface area contributed by atoms with Gasteiger partial charge >= 0.3 is 6.09 Å². The quantitative estimate of drug-likeness (QED) is 0.711. The van der Waals surface area contributed by atoms with Crippen LogP contribution in [-0.2, 0) is 4.74 Å². The van der Waals surface area contributed by atoms with E-state index in [-0.39, 0.29) is 11.6 Å². The summed E-state index contributed by atoms with van der Waals surface area (Å²) in [6.45, 7) is 7.93. The number of ether oxygens (including phenoxy) is 1. The maximum Gasteiger partial charge on any atom is 0.412 e. The van der Waals surface area contributed by atoms with Crippen molar-refractivity contribution in [3.8, 4) is 6.07 Å². The monoisotopic (exact) mass is 375 g/mol. The lowest BCUT2D eigenvalue weighted by Crippen LogP contribution is -2.22. The molecule has 1 aromatic carbocycles. The van der Waals surface area contributed by atoms with Gasteiger partial charge in [-0.1, -0.05) is 0 Å². The van der Waals surface area contributed by atoms with Crippen LogP contribution in [0.5, 0.6) is 0 Å². The average molecular weight is 376 g/mol. The highest BCUT2D eigenvalue weighted by atomic mass is 35.5. The highest BCUT2D eigenvalue weighted by Gasteiger charge is 2.21. The van der Waals surface area contributed by atoms with E-state index in [1.54, 1.807) is 12.1 Å². The summed E-state index contributed by atoms with van der Waals surface area (Å²) in [5.41, 5.74) is 2.67. The van der Waals surface area contributed by atoms with Gasteiger partial charge in [0.05, 0.1) is 12.5 Å².